The third-order valence-electron chi connectivity index (χ3n) is 16.4. The van der Waals surface area contributed by atoms with Crippen LogP contribution in [0.2, 0.25) is 0 Å². The Bertz CT molecular complexity index is 4110. The molecule has 2 bridgehead atoms. The maximum absolute atomic E-state index is 13.1. The summed E-state index contributed by atoms with van der Waals surface area (Å²) >= 11 is 0. The van der Waals surface area contributed by atoms with Crippen LogP contribution in [0.1, 0.15) is 97.3 Å². The van der Waals surface area contributed by atoms with Crippen molar-refractivity contribution >= 4 is 0 Å². The SMILES string of the molecule is Oc1cc(O)c2c(c1)O[C@]1(c3ccc(O)c(O)c3)Oc3cc(O)c4c(c3C2[C@H]1O)O[C@@H](c1ccc(O)c(O)c1)[C@@H](O)[C@@H]4c1c(O)cc(O)c2c1O[C@H](c1ccc(O)c(O)c1)[C@@H](O)[C@@H]2c1c(O)cc(O)c2c1O[C@H](c1ccc(O)c(O)c1)[C@H](O)C2. The Morgan fingerprint density at radius 2 is 0.738 bits per heavy atom. The zero-order chi connectivity index (χ0) is 59.4. The molecule has 24 nitrogen and oxygen atoms in total. The van der Waals surface area contributed by atoms with E-state index < -0.39 is 193 Å². The van der Waals surface area contributed by atoms with Gasteiger partial charge in [-0.15, -0.1) is 0 Å². The Kier molecular flexibility index (Phi) is 11.7. The normalized spacial score (nSPS) is 25.1. The van der Waals surface area contributed by atoms with Gasteiger partial charge in [0.25, 0.3) is 0 Å². The van der Waals surface area contributed by atoms with E-state index in [0.29, 0.717) is 0 Å². The second kappa shape index (κ2) is 18.6. The number of phenols is 15. The highest BCUT2D eigenvalue weighted by Crippen LogP contribution is 2.67. The predicted molar refractivity (Wildman–Crippen MR) is 283 cm³/mol. The summed E-state index contributed by atoms with van der Waals surface area (Å²) in [7, 11) is 0. The number of ether oxygens (including phenoxy) is 5. The van der Waals surface area contributed by atoms with Crippen molar-refractivity contribution in [2.45, 2.75) is 72.7 Å². The number of aromatic hydroxyl groups is 15. The Labute approximate surface area is 471 Å². The maximum atomic E-state index is 13.1. The first-order chi connectivity index (χ1) is 40.0. The highest BCUT2D eigenvalue weighted by molar-refractivity contribution is 5.74. The van der Waals surface area contributed by atoms with Gasteiger partial charge in [0.2, 0.25) is 0 Å². The molecule has 5 aliphatic rings. The summed E-state index contributed by atoms with van der Waals surface area (Å²) in [4.78, 5) is 0. The van der Waals surface area contributed by atoms with Gasteiger partial charge >= 0.3 is 5.79 Å². The van der Waals surface area contributed by atoms with Gasteiger partial charge in [0.05, 0.1) is 23.9 Å². The van der Waals surface area contributed by atoms with Crippen molar-refractivity contribution in [3.8, 4) is 115 Å². The molecule has 0 saturated carbocycles. The summed E-state index contributed by atoms with van der Waals surface area (Å²) < 4.78 is 32.7. The summed E-state index contributed by atoms with van der Waals surface area (Å²) in [5.41, 5.74) is -2.64. The average molecular weight is 1150 g/mol. The first-order valence-corrected chi connectivity index (χ1v) is 25.8. The van der Waals surface area contributed by atoms with Crippen molar-refractivity contribution in [1.29, 1.82) is 0 Å². The fraction of sp³-hybridized carbons (Fsp3) is 0.200. The standard InChI is InChI=1S/C60H48O24/c61-23-13-34(71)42-40(14-23)83-60(22-4-8-28(65)33(70)12-22)59(79)50(42)47-41(84-60)18-38(75)46-49(52(78)55(82-58(46)47)21-3-7-27(64)32(69)11-21)45-37(74)17-36(73)44-48(51(77)54(81-57(44)45)20-2-6-26(63)31(68)10-20)43-35(72)16-29(66)24-15-39(76)53(80-56(24)43)19-1-5-25(62)30(67)9-19/h1-14,16-18,39,48-55,59,61-79H,15H2/t39-,48-,49-,50?,51+,52+,53-,54-,55+,59-,60-/m1/s1. The van der Waals surface area contributed by atoms with Gasteiger partial charge in [0.15, 0.2) is 58.2 Å². The average Bonchev–Trinajstić information content (AvgIpc) is 0.881. The minimum atomic E-state index is -2.44. The van der Waals surface area contributed by atoms with Gasteiger partial charge in [-0.25, -0.2) is 0 Å². The molecular weight excluding hydrogens is 1100 g/mol. The van der Waals surface area contributed by atoms with Crippen molar-refractivity contribution in [2.75, 3.05) is 0 Å². The zero-order valence-electron chi connectivity index (χ0n) is 42.8. The van der Waals surface area contributed by atoms with Gasteiger partial charge in [-0.2, -0.15) is 0 Å². The van der Waals surface area contributed by atoms with E-state index in [-0.39, 0.29) is 56.2 Å². The molecule has 0 aliphatic carbocycles. The van der Waals surface area contributed by atoms with E-state index in [4.69, 9.17) is 23.7 Å². The van der Waals surface area contributed by atoms with Crippen LogP contribution in [0.3, 0.4) is 0 Å². The van der Waals surface area contributed by atoms with E-state index in [1.54, 1.807) is 0 Å². The number of hydrogen-bond acceptors (Lipinski definition) is 24. The topological polar surface area (TPSA) is 431 Å². The van der Waals surface area contributed by atoms with E-state index in [2.05, 4.69) is 0 Å². The van der Waals surface area contributed by atoms with Crippen LogP contribution in [-0.4, -0.2) is 121 Å². The molecular formula is C60H48O24. The molecule has 13 rings (SSSR count). The van der Waals surface area contributed by atoms with Crippen molar-refractivity contribution in [3.05, 3.63) is 164 Å². The summed E-state index contributed by atoms with van der Waals surface area (Å²) in [6, 6.07) is 18.2. The van der Waals surface area contributed by atoms with Gasteiger partial charge in [-0.3, -0.25) is 0 Å². The Hall–Kier alpha value is -10.4. The van der Waals surface area contributed by atoms with Crippen LogP contribution in [0.4, 0.5) is 0 Å². The first kappa shape index (κ1) is 52.9. The number of rotatable bonds is 6. The van der Waals surface area contributed by atoms with Gasteiger partial charge < -0.3 is 121 Å². The molecule has 5 heterocycles. The number of fused-ring (bicyclic) bond motifs is 10. The molecule has 1 unspecified atom stereocenters. The number of phenolic OH excluding ortho intramolecular Hbond substituents is 15. The molecule has 19 N–H and O–H groups in total. The fourth-order valence-electron chi connectivity index (χ4n) is 12.6. The molecule has 8 aromatic carbocycles. The predicted octanol–water partition coefficient (Wildman–Crippen LogP) is 5.69. The minimum absolute atomic E-state index is 0.0872. The minimum Gasteiger partial charge on any atom is -0.508 e. The third kappa shape index (κ3) is 7.68. The number of aliphatic hydroxyl groups excluding tert-OH is 4. The van der Waals surface area contributed by atoms with E-state index in [1.165, 1.54) is 24.3 Å². The van der Waals surface area contributed by atoms with Crippen molar-refractivity contribution in [2.24, 2.45) is 0 Å². The highest BCUT2D eigenvalue weighted by Gasteiger charge is 2.61. The molecule has 0 radical (unpaired) electrons. The smallest absolute Gasteiger partial charge is 0.305 e. The number of aliphatic hydroxyl groups is 4. The van der Waals surface area contributed by atoms with Gasteiger partial charge in [-0.05, 0) is 71.3 Å². The summed E-state index contributed by atoms with van der Waals surface area (Å²) in [5.74, 6) is -20.1. The lowest BCUT2D eigenvalue weighted by atomic mass is 9.71. The molecule has 84 heavy (non-hydrogen) atoms. The molecule has 24 heteroatoms. The monoisotopic (exact) mass is 1150 g/mol. The molecule has 0 fully saturated rings. The molecule has 11 atom stereocenters. The Morgan fingerprint density at radius 3 is 1.24 bits per heavy atom. The molecule has 8 aromatic rings. The lowest BCUT2D eigenvalue weighted by molar-refractivity contribution is -0.219. The molecule has 0 spiro atoms. The van der Waals surface area contributed by atoms with Crippen molar-refractivity contribution in [1.82, 2.24) is 0 Å². The van der Waals surface area contributed by atoms with Crippen LogP contribution in [0, 0.1) is 0 Å². The van der Waals surface area contributed by atoms with Crippen LogP contribution in [-0.2, 0) is 12.2 Å². The van der Waals surface area contributed by atoms with Crippen molar-refractivity contribution < 1.29 is 121 Å². The van der Waals surface area contributed by atoms with Crippen LogP contribution in [0.25, 0.3) is 0 Å². The van der Waals surface area contributed by atoms with E-state index in [0.717, 1.165) is 78.9 Å². The molecule has 5 aliphatic heterocycles. The molecule has 0 aromatic heterocycles. The molecule has 0 saturated heterocycles. The van der Waals surface area contributed by atoms with Gasteiger partial charge in [0, 0.05) is 81.3 Å². The molecule has 0 amide bonds. The van der Waals surface area contributed by atoms with Gasteiger partial charge in [0.1, 0.15) is 93.4 Å². The quantitative estimate of drug-likeness (QED) is 0.0889. The fourth-order valence-corrected chi connectivity index (χ4v) is 12.6. The van der Waals surface area contributed by atoms with E-state index >= 15 is 0 Å². The van der Waals surface area contributed by atoms with E-state index in [1.807, 2.05) is 0 Å². The lowest BCUT2D eigenvalue weighted by Crippen LogP contribution is -2.57. The first-order valence-electron chi connectivity index (χ1n) is 25.8. The van der Waals surface area contributed by atoms with Gasteiger partial charge in [-0.1, -0.05) is 18.2 Å². The molecule has 432 valence electrons. The zero-order valence-corrected chi connectivity index (χ0v) is 42.8. The maximum Gasteiger partial charge on any atom is 0.305 e. The largest absolute Gasteiger partial charge is 0.508 e. The van der Waals surface area contributed by atoms with Crippen molar-refractivity contribution in [3.63, 3.8) is 0 Å². The highest BCUT2D eigenvalue weighted by atomic mass is 16.7. The summed E-state index contributed by atoms with van der Waals surface area (Å²) in [6.45, 7) is 0. The van der Waals surface area contributed by atoms with E-state index in [9.17, 15) is 97.0 Å². The second-order valence-corrected chi connectivity index (χ2v) is 21.2. The van der Waals surface area contributed by atoms with Crippen LogP contribution >= 0.6 is 0 Å². The van der Waals surface area contributed by atoms with Crippen LogP contribution < -0.4 is 23.7 Å². The van der Waals surface area contributed by atoms with Crippen LogP contribution in [0.15, 0.2) is 103 Å². The Balaban J connectivity index is 1.09. The summed E-state index contributed by atoms with van der Waals surface area (Å²) in [5, 5.41) is 218. The lowest BCUT2D eigenvalue weighted by Gasteiger charge is -2.51. The van der Waals surface area contributed by atoms with Crippen LogP contribution in [0.5, 0.6) is 115 Å². The number of hydrogen-bond donors (Lipinski definition) is 19. The Morgan fingerprint density at radius 1 is 0.333 bits per heavy atom. The third-order valence-corrected chi connectivity index (χ3v) is 16.4. The number of benzene rings is 8. The summed E-state index contributed by atoms with van der Waals surface area (Å²) in [6.07, 6.45) is -13.0. The second-order valence-electron chi connectivity index (χ2n) is 21.2.